The molecule has 118 valence electrons. The zero-order chi connectivity index (χ0) is 15.3. The maximum absolute atomic E-state index is 13.8. The summed E-state index contributed by atoms with van der Waals surface area (Å²) in [5.41, 5.74) is 1.83. The highest BCUT2D eigenvalue weighted by atomic mass is 19.1. The van der Waals surface area contributed by atoms with Gasteiger partial charge in [-0.05, 0) is 57.2 Å². The quantitative estimate of drug-likeness (QED) is 0.838. The van der Waals surface area contributed by atoms with Gasteiger partial charge < -0.3 is 10.1 Å². The predicted molar refractivity (Wildman–Crippen MR) is 84.6 cm³/mol. The van der Waals surface area contributed by atoms with Gasteiger partial charge in [0.05, 0.1) is 6.61 Å². The standard InChI is InChI=1S/C18H28FNO/c1-18(2,3)20-11-15-8-9-17(19)16(10-15)13-21-12-14-6-4-5-7-14/h8-10,14,20H,4-7,11-13H2,1-3H3. The van der Waals surface area contributed by atoms with Crippen LogP contribution in [0.2, 0.25) is 0 Å². The van der Waals surface area contributed by atoms with E-state index in [0.29, 0.717) is 18.1 Å². The van der Waals surface area contributed by atoms with E-state index in [1.807, 2.05) is 12.1 Å². The van der Waals surface area contributed by atoms with E-state index >= 15 is 0 Å². The molecule has 0 amide bonds. The van der Waals surface area contributed by atoms with Crippen molar-refractivity contribution in [3.63, 3.8) is 0 Å². The van der Waals surface area contributed by atoms with Crippen molar-refractivity contribution in [2.45, 2.75) is 65.1 Å². The van der Waals surface area contributed by atoms with Gasteiger partial charge in [-0.3, -0.25) is 0 Å². The molecular weight excluding hydrogens is 265 g/mol. The van der Waals surface area contributed by atoms with Gasteiger partial charge in [0.1, 0.15) is 5.82 Å². The molecule has 1 N–H and O–H groups in total. The lowest BCUT2D eigenvalue weighted by Crippen LogP contribution is -2.35. The first-order chi connectivity index (χ1) is 9.94. The Balaban J connectivity index is 1.85. The summed E-state index contributed by atoms with van der Waals surface area (Å²) in [5.74, 6) is 0.514. The van der Waals surface area contributed by atoms with Gasteiger partial charge in [-0.2, -0.15) is 0 Å². The van der Waals surface area contributed by atoms with Crippen LogP contribution >= 0.6 is 0 Å². The maximum atomic E-state index is 13.8. The molecule has 0 atom stereocenters. The third-order valence-electron chi connectivity index (χ3n) is 4.02. The first-order valence-electron chi connectivity index (χ1n) is 8.04. The second-order valence-corrected chi connectivity index (χ2v) is 7.19. The Kier molecular flexibility index (Phi) is 5.77. The Bertz CT molecular complexity index is 447. The van der Waals surface area contributed by atoms with Crippen molar-refractivity contribution in [3.05, 3.63) is 35.1 Å². The molecule has 1 saturated carbocycles. The molecule has 21 heavy (non-hydrogen) atoms. The van der Waals surface area contributed by atoms with Gasteiger partial charge in [-0.25, -0.2) is 4.39 Å². The van der Waals surface area contributed by atoms with Crippen LogP contribution in [0, 0.1) is 11.7 Å². The third kappa shape index (κ3) is 5.76. The van der Waals surface area contributed by atoms with Crippen molar-refractivity contribution in [2.24, 2.45) is 5.92 Å². The number of ether oxygens (including phenoxy) is 1. The average molecular weight is 293 g/mol. The van der Waals surface area contributed by atoms with E-state index in [1.165, 1.54) is 25.7 Å². The third-order valence-corrected chi connectivity index (χ3v) is 4.02. The lowest BCUT2D eigenvalue weighted by atomic mass is 10.1. The molecule has 1 aromatic rings. The molecular formula is C18H28FNO. The second-order valence-electron chi connectivity index (χ2n) is 7.19. The fraction of sp³-hybridized carbons (Fsp3) is 0.667. The van der Waals surface area contributed by atoms with Crippen LogP contribution in [0.4, 0.5) is 4.39 Å². The van der Waals surface area contributed by atoms with E-state index in [9.17, 15) is 4.39 Å². The van der Waals surface area contributed by atoms with Crippen molar-refractivity contribution in [2.75, 3.05) is 6.61 Å². The molecule has 0 spiro atoms. The first-order valence-corrected chi connectivity index (χ1v) is 8.04. The zero-order valence-electron chi connectivity index (χ0n) is 13.5. The molecule has 3 heteroatoms. The smallest absolute Gasteiger partial charge is 0.128 e. The van der Waals surface area contributed by atoms with Crippen LogP contribution in [0.3, 0.4) is 0 Å². The SMILES string of the molecule is CC(C)(C)NCc1ccc(F)c(COCC2CCCC2)c1. The van der Waals surface area contributed by atoms with Gasteiger partial charge in [0.25, 0.3) is 0 Å². The van der Waals surface area contributed by atoms with Gasteiger partial charge >= 0.3 is 0 Å². The van der Waals surface area contributed by atoms with Gasteiger partial charge in [0.2, 0.25) is 0 Å². The largest absolute Gasteiger partial charge is 0.376 e. The first kappa shape index (κ1) is 16.4. The van der Waals surface area contributed by atoms with E-state index in [-0.39, 0.29) is 11.4 Å². The van der Waals surface area contributed by atoms with Crippen LogP contribution in [-0.4, -0.2) is 12.1 Å². The van der Waals surface area contributed by atoms with Crippen LogP contribution in [0.15, 0.2) is 18.2 Å². The summed E-state index contributed by atoms with van der Waals surface area (Å²) in [6.45, 7) is 8.28. The van der Waals surface area contributed by atoms with Crippen molar-refractivity contribution < 1.29 is 9.13 Å². The minimum absolute atomic E-state index is 0.0630. The van der Waals surface area contributed by atoms with Crippen LogP contribution in [0.1, 0.15) is 57.6 Å². The summed E-state index contributed by atoms with van der Waals surface area (Å²) in [6, 6.07) is 5.31. The van der Waals surface area contributed by atoms with E-state index in [2.05, 4.69) is 26.1 Å². The van der Waals surface area contributed by atoms with Crippen molar-refractivity contribution in [3.8, 4) is 0 Å². The molecule has 0 radical (unpaired) electrons. The van der Waals surface area contributed by atoms with E-state index < -0.39 is 0 Å². The maximum Gasteiger partial charge on any atom is 0.128 e. The topological polar surface area (TPSA) is 21.3 Å². The monoisotopic (exact) mass is 293 g/mol. The molecule has 1 aliphatic rings. The molecule has 0 unspecified atom stereocenters. The Hall–Kier alpha value is -0.930. The summed E-state index contributed by atoms with van der Waals surface area (Å²) in [7, 11) is 0. The van der Waals surface area contributed by atoms with Gasteiger partial charge in [0.15, 0.2) is 0 Å². The molecule has 1 aromatic carbocycles. The summed E-state index contributed by atoms with van der Waals surface area (Å²) in [5, 5.41) is 3.42. The van der Waals surface area contributed by atoms with Gasteiger partial charge in [-0.1, -0.05) is 18.9 Å². The number of rotatable bonds is 6. The second kappa shape index (κ2) is 7.37. The van der Waals surface area contributed by atoms with Crippen LogP contribution in [0.25, 0.3) is 0 Å². The molecule has 2 nitrogen and oxygen atoms in total. The lowest BCUT2D eigenvalue weighted by molar-refractivity contribution is 0.0869. The Morgan fingerprint density at radius 1 is 1.24 bits per heavy atom. The highest BCUT2D eigenvalue weighted by molar-refractivity contribution is 5.24. The number of nitrogens with one attached hydrogen (secondary N) is 1. The number of benzene rings is 1. The molecule has 0 aromatic heterocycles. The Labute approximate surface area is 128 Å². The Morgan fingerprint density at radius 2 is 1.95 bits per heavy atom. The number of hydrogen-bond acceptors (Lipinski definition) is 2. The molecule has 0 aliphatic heterocycles. The molecule has 2 rings (SSSR count). The van der Waals surface area contributed by atoms with E-state index in [4.69, 9.17) is 4.74 Å². The summed E-state index contributed by atoms with van der Waals surface area (Å²) in [6.07, 6.45) is 5.16. The van der Waals surface area contributed by atoms with E-state index in [1.54, 1.807) is 6.07 Å². The molecule has 0 saturated heterocycles. The number of halogens is 1. The van der Waals surface area contributed by atoms with E-state index in [0.717, 1.165) is 18.7 Å². The fourth-order valence-corrected chi connectivity index (χ4v) is 2.73. The van der Waals surface area contributed by atoms with Crippen LogP contribution in [-0.2, 0) is 17.9 Å². The minimum Gasteiger partial charge on any atom is -0.376 e. The van der Waals surface area contributed by atoms with Gasteiger partial charge in [-0.15, -0.1) is 0 Å². The molecule has 0 bridgehead atoms. The predicted octanol–water partition coefficient (Wildman–Crippen LogP) is 4.42. The highest BCUT2D eigenvalue weighted by Gasteiger charge is 2.15. The Morgan fingerprint density at radius 3 is 2.62 bits per heavy atom. The molecule has 1 fully saturated rings. The fourth-order valence-electron chi connectivity index (χ4n) is 2.73. The van der Waals surface area contributed by atoms with Crippen molar-refractivity contribution in [1.82, 2.24) is 5.32 Å². The lowest BCUT2D eigenvalue weighted by Gasteiger charge is -2.21. The number of hydrogen-bond donors (Lipinski definition) is 1. The van der Waals surface area contributed by atoms with Gasteiger partial charge in [0, 0.05) is 24.3 Å². The normalized spacial score (nSPS) is 16.6. The van der Waals surface area contributed by atoms with Crippen molar-refractivity contribution >= 4 is 0 Å². The molecule has 1 aliphatic carbocycles. The minimum atomic E-state index is -0.166. The van der Waals surface area contributed by atoms with Crippen LogP contribution in [0.5, 0.6) is 0 Å². The zero-order valence-corrected chi connectivity index (χ0v) is 13.5. The summed E-state index contributed by atoms with van der Waals surface area (Å²) >= 11 is 0. The summed E-state index contributed by atoms with van der Waals surface area (Å²) < 4.78 is 19.6. The average Bonchev–Trinajstić information content (AvgIpc) is 2.91. The van der Waals surface area contributed by atoms with Crippen LogP contribution < -0.4 is 5.32 Å². The van der Waals surface area contributed by atoms with Crippen molar-refractivity contribution in [1.29, 1.82) is 0 Å². The molecule has 0 heterocycles. The highest BCUT2D eigenvalue weighted by Crippen LogP contribution is 2.25. The summed E-state index contributed by atoms with van der Waals surface area (Å²) in [4.78, 5) is 0.